The fourth-order valence-electron chi connectivity index (χ4n) is 3.03. The smallest absolute Gasteiger partial charge is 0.292 e. The molecule has 0 aliphatic carbocycles. The summed E-state index contributed by atoms with van der Waals surface area (Å²) in [5.41, 5.74) is 7.06. The predicted octanol–water partition coefficient (Wildman–Crippen LogP) is 4.04. The first-order chi connectivity index (χ1) is 13.0. The number of hydrogen-bond acceptors (Lipinski definition) is 5. The molecule has 0 saturated carbocycles. The van der Waals surface area contributed by atoms with Gasteiger partial charge in [-0.1, -0.05) is 18.2 Å². The van der Waals surface area contributed by atoms with Crippen molar-refractivity contribution in [2.75, 3.05) is 0 Å². The van der Waals surface area contributed by atoms with E-state index in [2.05, 4.69) is 10.4 Å². The van der Waals surface area contributed by atoms with Crippen LogP contribution in [0.3, 0.4) is 0 Å². The number of para-hydroxylation sites is 1. The highest BCUT2D eigenvalue weighted by Gasteiger charge is 2.34. The van der Waals surface area contributed by atoms with Crippen molar-refractivity contribution in [3.8, 4) is 5.75 Å². The summed E-state index contributed by atoms with van der Waals surface area (Å²) < 4.78 is 13.3. The minimum atomic E-state index is -0.528. The number of phenolic OH excluding ortho intramolecular Hbond substituents is 1. The monoisotopic (exact) mass is 381 g/mol. The van der Waals surface area contributed by atoms with E-state index in [4.69, 9.17) is 0 Å². The van der Waals surface area contributed by atoms with Crippen LogP contribution in [0, 0.1) is 12.7 Å². The van der Waals surface area contributed by atoms with Crippen molar-refractivity contribution in [2.45, 2.75) is 13.0 Å². The number of carbonyl (C=O) groups excluding carboxylic acids is 1. The molecule has 0 radical (unpaired) electrons. The summed E-state index contributed by atoms with van der Waals surface area (Å²) in [5.74, 6) is -0.537. The first kappa shape index (κ1) is 17.2. The van der Waals surface area contributed by atoms with E-state index in [9.17, 15) is 14.3 Å². The van der Waals surface area contributed by atoms with Gasteiger partial charge in [0.1, 0.15) is 23.3 Å². The molecule has 27 heavy (non-hydrogen) atoms. The van der Waals surface area contributed by atoms with Gasteiger partial charge in [0.2, 0.25) is 0 Å². The number of phenols is 1. The van der Waals surface area contributed by atoms with Crippen molar-refractivity contribution >= 4 is 22.9 Å². The topological polar surface area (TPSA) is 65.5 Å². The number of rotatable bonds is 3. The molecule has 0 spiro atoms. The second-order valence-corrected chi connectivity index (χ2v) is 7.19. The van der Waals surface area contributed by atoms with Crippen molar-refractivity contribution in [3.63, 3.8) is 0 Å². The largest absolute Gasteiger partial charge is 0.508 e. The van der Waals surface area contributed by atoms with Gasteiger partial charge in [-0.25, -0.2) is 14.4 Å². The molecule has 1 aliphatic heterocycles. The highest BCUT2D eigenvalue weighted by molar-refractivity contribution is 7.09. The molecule has 2 aromatic carbocycles. The molecule has 4 rings (SSSR count). The summed E-state index contributed by atoms with van der Waals surface area (Å²) in [4.78, 5) is 18.1. The van der Waals surface area contributed by atoms with Crippen LogP contribution in [-0.4, -0.2) is 21.0 Å². The molecule has 7 heteroatoms. The lowest BCUT2D eigenvalue weighted by Crippen LogP contribution is -2.40. The molecule has 1 aromatic heterocycles. The fourth-order valence-corrected chi connectivity index (χ4v) is 3.60. The summed E-state index contributed by atoms with van der Waals surface area (Å²) in [6, 6.07) is 12.3. The number of aromatic hydroxyl groups is 1. The van der Waals surface area contributed by atoms with Crippen molar-refractivity contribution in [3.05, 3.63) is 87.6 Å². The molecule has 2 heterocycles. The third-order valence-electron chi connectivity index (χ3n) is 4.42. The van der Waals surface area contributed by atoms with E-state index < -0.39 is 6.04 Å². The molecule has 1 amide bonds. The quantitative estimate of drug-likeness (QED) is 0.719. The molecule has 3 aromatic rings. The van der Waals surface area contributed by atoms with Crippen molar-refractivity contribution < 1.29 is 14.3 Å². The van der Waals surface area contributed by atoms with Crippen LogP contribution < -0.4 is 5.43 Å². The minimum Gasteiger partial charge on any atom is -0.508 e. The second-order valence-electron chi connectivity index (χ2n) is 6.13. The molecule has 1 aliphatic rings. The number of hydrogen-bond donors (Lipinski definition) is 2. The zero-order valence-electron chi connectivity index (χ0n) is 14.4. The lowest BCUT2D eigenvalue weighted by molar-refractivity contribution is 0.0665. The van der Waals surface area contributed by atoms with Crippen LogP contribution in [0.15, 0.2) is 60.1 Å². The van der Waals surface area contributed by atoms with Crippen LogP contribution in [0.25, 0.3) is 5.70 Å². The number of thiazole rings is 1. The summed E-state index contributed by atoms with van der Waals surface area (Å²) in [5, 5.41) is 11.7. The first-order valence-corrected chi connectivity index (χ1v) is 9.18. The Morgan fingerprint density at radius 3 is 2.63 bits per heavy atom. The number of benzene rings is 2. The van der Waals surface area contributed by atoms with Crippen molar-refractivity contribution in [2.24, 2.45) is 0 Å². The van der Waals surface area contributed by atoms with Crippen LogP contribution in [0.1, 0.15) is 32.5 Å². The molecule has 136 valence electrons. The average molecular weight is 381 g/mol. The molecule has 0 saturated heterocycles. The van der Waals surface area contributed by atoms with Crippen LogP contribution in [-0.2, 0) is 0 Å². The van der Waals surface area contributed by atoms with Gasteiger partial charge in [0.25, 0.3) is 5.91 Å². The third-order valence-corrected chi connectivity index (χ3v) is 5.18. The van der Waals surface area contributed by atoms with Crippen LogP contribution in [0.4, 0.5) is 4.39 Å². The Bertz CT molecular complexity index is 1030. The van der Waals surface area contributed by atoms with Gasteiger partial charge in [0.05, 0.1) is 11.2 Å². The summed E-state index contributed by atoms with van der Waals surface area (Å²) >= 11 is 1.40. The Balaban J connectivity index is 1.76. The summed E-state index contributed by atoms with van der Waals surface area (Å²) in [7, 11) is 0. The van der Waals surface area contributed by atoms with Crippen LogP contribution in [0.5, 0.6) is 5.75 Å². The minimum absolute atomic E-state index is 0.0914. The van der Waals surface area contributed by atoms with E-state index in [1.807, 2.05) is 13.0 Å². The Morgan fingerprint density at radius 2 is 1.96 bits per heavy atom. The van der Waals surface area contributed by atoms with E-state index >= 15 is 0 Å². The maximum absolute atomic E-state index is 13.3. The summed E-state index contributed by atoms with van der Waals surface area (Å²) in [6.45, 7) is 1.84. The van der Waals surface area contributed by atoms with Crippen LogP contribution >= 0.6 is 11.3 Å². The number of aryl methyl sites for hydroxylation is 1. The molecule has 1 unspecified atom stereocenters. The third kappa shape index (κ3) is 3.17. The molecular weight excluding hydrogens is 365 g/mol. The highest BCUT2D eigenvalue weighted by Crippen LogP contribution is 2.36. The van der Waals surface area contributed by atoms with Gasteiger partial charge >= 0.3 is 0 Å². The number of nitrogens with zero attached hydrogens (tertiary/aromatic N) is 2. The van der Waals surface area contributed by atoms with Gasteiger partial charge in [0.15, 0.2) is 0 Å². The molecule has 0 bridgehead atoms. The van der Waals surface area contributed by atoms with Gasteiger partial charge in [-0.2, -0.15) is 0 Å². The maximum Gasteiger partial charge on any atom is 0.292 e. The number of carbonyl (C=O) groups is 1. The predicted molar refractivity (Wildman–Crippen MR) is 101 cm³/mol. The van der Waals surface area contributed by atoms with E-state index in [-0.39, 0.29) is 17.5 Å². The Kier molecular flexibility index (Phi) is 4.37. The number of aromatic nitrogens is 1. The second kappa shape index (κ2) is 6.85. The number of amides is 1. The Morgan fingerprint density at radius 1 is 1.22 bits per heavy atom. The van der Waals surface area contributed by atoms with E-state index in [0.29, 0.717) is 17.0 Å². The van der Waals surface area contributed by atoms with Gasteiger partial charge in [-0.15, -0.1) is 11.3 Å². The first-order valence-electron chi connectivity index (χ1n) is 8.30. The standard InChI is InChI=1S/C20H16FN3O2S/c1-12-19(22-11-27-12)20(26)24-17(15-4-2-3-5-18(15)25)10-16(23-24)13-6-8-14(21)9-7-13/h2-11,17,23,25H,1H3. The average Bonchev–Trinajstić information content (AvgIpc) is 3.29. The lowest BCUT2D eigenvalue weighted by Gasteiger charge is -2.25. The van der Waals surface area contributed by atoms with Gasteiger partial charge in [-0.05, 0) is 48.9 Å². The zero-order chi connectivity index (χ0) is 19.0. The summed E-state index contributed by atoms with van der Waals surface area (Å²) in [6.07, 6.45) is 1.84. The van der Waals surface area contributed by atoms with Gasteiger partial charge in [0, 0.05) is 10.4 Å². The number of hydrazine groups is 1. The number of nitrogens with one attached hydrogen (secondary N) is 1. The molecule has 1 atom stereocenters. The SMILES string of the molecule is Cc1scnc1C(=O)N1NC(c2ccc(F)cc2)=CC1c1ccccc1O. The zero-order valence-corrected chi connectivity index (χ0v) is 15.2. The molecule has 5 nitrogen and oxygen atoms in total. The molecular formula is C20H16FN3O2S. The Labute approximate surface area is 159 Å². The highest BCUT2D eigenvalue weighted by atomic mass is 32.1. The van der Waals surface area contributed by atoms with E-state index in [1.165, 1.54) is 28.5 Å². The van der Waals surface area contributed by atoms with Gasteiger partial charge in [-0.3, -0.25) is 10.2 Å². The van der Waals surface area contributed by atoms with Crippen molar-refractivity contribution in [1.29, 1.82) is 0 Å². The number of halogens is 1. The maximum atomic E-state index is 13.3. The van der Waals surface area contributed by atoms with Crippen LogP contribution in [0.2, 0.25) is 0 Å². The molecule has 2 N–H and O–H groups in total. The van der Waals surface area contributed by atoms with Crippen molar-refractivity contribution in [1.82, 2.24) is 15.4 Å². The lowest BCUT2D eigenvalue weighted by atomic mass is 10.0. The normalized spacial score (nSPS) is 16.1. The fraction of sp³-hybridized carbons (Fsp3) is 0.100. The molecule has 0 fully saturated rings. The van der Waals surface area contributed by atoms with E-state index in [1.54, 1.807) is 41.9 Å². The Hall–Kier alpha value is -3.19. The van der Waals surface area contributed by atoms with Gasteiger partial charge < -0.3 is 5.11 Å². The van der Waals surface area contributed by atoms with E-state index in [0.717, 1.165) is 10.4 Å².